The summed E-state index contributed by atoms with van der Waals surface area (Å²) in [6.07, 6.45) is 4.58. The van der Waals surface area contributed by atoms with Gasteiger partial charge in [0.05, 0.1) is 10.9 Å². The van der Waals surface area contributed by atoms with E-state index < -0.39 is 5.41 Å². The van der Waals surface area contributed by atoms with E-state index in [9.17, 15) is 4.79 Å². The van der Waals surface area contributed by atoms with Crippen LogP contribution in [0.25, 0.3) is 10.9 Å². The number of nitrogens with zero attached hydrogens (tertiary/aromatic N) is 1. The zero-order chi connectivity index (χ0) is 16.6. The fraction of sp³-hybridized carbons (Fsp3) is 0.200. The molecule has 0 radical (unpaired) electrons. The molecular formula is C20H17ClN2O. The summed E-state index contributed by atoms with van der Waals surface area (Å²) in [7, 11) is 0. The Morgan fingerprint density at radius 2 is 1.88 bits per heavy atom. The first kappa shape index (κ1) is 15.2. The van der Waals surface area contributed by atoms with E-state index in [1.165, 1.54) is 0 Å². The molecule has 0 aliphatic heterocycles. The summed E-state index contributed by atoms with van der Waals surface area (Å²) in [5.74, 6) is 0.0549. The van der Waals surface area contributed by atoms with Crippen molar-refractivity contribution in [3.8, 4) is 0 Å². The largest absolute Gasteiger partial charge is 0.325 e. The van der Waals surface area contributed by atoms with Gasteiger partial charge in [0.25, 0.3) is 0 Å². The molecule has 1 aliphatic rings. The molecule has 0 unspecified atom stereocenters. The molecule has 0 saturated heterocycles. The number of carbonyl (C=O) groups is 1. The van der Waals surface area contributed by atoms with Crippen LogP contribution >= 0.6 is 11.6 Å². The number of rotatable bonds is 3. The average Bonchev–Trinajstić information content (AvgIpc) is 2.55. The van der Waals surface area contributed by atoms with Gasteiger partial charge in [0.2, 0.25) is 5.91 Å². The van der Waals surface area contributed by atoms with E-state index in [1.54, 1.807) is 6.20 Å². The molecule has 4 heteroatoms. The van der Waals surface area contributed by atoms with Gasteiger partial charge in [-0.1, -0.05) is 36.2 Å². The van der Waals surface area contributed by atoms with E-state index in [4.69, 9.17) is 11.6 Å². The van der Waals surface area contributed by atoms with Crippen LogP contribution in [-0.4, -0.2) is 10.9 Å². The van der Waals surface area contributed by atoms with Crippen LogP contribution in [-0.2, 0) is 10.2 Å². The van der Waals surface area contributed by atoms with Crippen molar-refractivity contribution in [2.24, 2.45) is 0 Å². The standard InChI is InChI=1S/C20H17ClN2O/c21-16-6-4-15(5-7-16)20(10-2-11-20)19(24)23-17-8-9-18-14(13-17)3-1-12-22-18/h1,3-9,12-13H,2,10-11H2,(H,23,24). The Bertz CT molecular complexity index is 901. The minimum Gasteiger partial charge on any atom is -0.325 e. The predicted octanol–water partition coefficient (Wildman–Crippen LogP) is 4.95. The summed E-state index contributed by atoms with van der Waals surface area (Å²) < 4.78 is 0. The number of nitrogens with one attached hydrogen (secondary N) is 1. The van der Waals surface area contributed by atoms with Gasteiger partial charge in [-0.25, -0.2) is 0 Å². The molecule has 2 aromatic carbocycles. The third kappa shape index (κ3) is 2.55. The van der Waals surface area contributed by atoms with Crippen LogP contribution in [0.1, 0.15) is 24.8 Å². The van der Waals surface area contributed by atoms with E-state index in [2.05, 4.69) is 10.3 Å². The van der Waals surface area contributed by atoms with E-state index in [-0.39, 0.29) is 5.91 Å². The van der Waals surface area contributed by atoms with Gasteiger partial charge in [0.15, 0.2) is 0 Å². The molecule has 1 saturated carbocycles. The summed E-state index contributed by atoms with van der Waals surface area (Å²) in [5.41, 5.74) is 2.33. The number of amides is 1. The first-order chi connectivity index (χ1) is 11.7. The summed E-state index contributed by atoms with van der Waals surface area (Å²) in [6.45, 7) is 0. The Morgan fingerprint density at radius 1 is 1.08 bits per heavy atom. The van der Waals surface area contributed by atoms with Gasteiger partial charge in [0.1, 0.15) is 0 Å². The fourth-order valence-corrected chi connectivity index (χ4v) is 3.48. The van der Waals surface area contributed by atoms with Crippen molar-refractivity contribution < 1.29 is 4.79 Å². The monoisotopic (exact) mass is 336 g/mol. The second-order valence-corrected chi connectivity index (χ2v) is 6.74. The van der Waals surface area contributed by atoms with Crippen LogP contribution in [0.4, 0.5) is 5.69 Å². The quantitative estimate of drug-likeness (QED) is 0.735. The summed E-state index contributed by atoms with van der Waals surface area (Å²) in [5, 5.41) is 4.80. The first-order valence-electron chi connectivity index (χ1n) is 8.10. The van der Waals surface area contributed by atoms with Crippen LogP contribution in [0.3, 0.4) is 0 Å². The van der Waals surface area contributed by atoms with Crippen LogP contribution in [0, 0.1) is 0 Å². The predicted molar refractivity (Wildman–Crippen MR) is 97.4 cm³/mol. The van der Waals surface area contributed by atoms with Gasteiger partial charge in [0, 0.05) is 22.3 Å². The van der Waals surface area contributed by atoms with Crippen molar-refractivity contribution in [1.82, 2.24) is 4.98 Å². The molecule has 3 aromatic rings. The van der Waals surface area contributed by atoms with Crippen LogP contribution < -0.4 is 5.32 Å². The average molecular weight is 337 g/mol. The maximum Gasteiger partial charge on any atom is 0.235 e. The molecule has 0 spiro atoms. The maximum atomic E-state index is 13.0. The first-order valence-corrected chi connectivity index (χ1v) is 8.47. The van der Waals surface area contributed by atoms with Gasteiger partial charge >= 0.3 is 0 Å². The van der Waals surface area contributed by atoms with Gasteiger partial charge in [-0.15, -0.1) is 0 Å². The Morgan fingerprint density at radius 3 is 2.58 bits per heavy atom. The summed E-state index contributed by atoms with van der Waals surface area (Å²) in [6, 6.07) is 17.3. The fourth-order valence-electron chi connectivity index (χ4n) is 3.35. The third-order valence-electron chi connectivity index (χ3n) is 4.90. The lowest BCUT2D eigenvalue weighted by Crippen LogP contribution is -2.45. The Balaban J connectivity index is 1.62. The third-order valence-corrected chi connectivity index (χ3v) is 5.15. The summed E-state index contributed by atoms with van der Waals surface area (Å²) >= 11 is 5.98. The molecule has 1 N–H and O–H groups in total. The van der Waals surface area contributed by atoms with Crippen LogP contribution in [0.15, 0.2) is 60.8 Å². The molecule has 1 aliphatic carbocycles. The SMILES string of the molecule is O=C(Nc1ccc2ncccc2c1)C1(c2ccc(Cl)cc2)CCC1. The maximum absolute atomic E-state index is 13.0. The minimum atomic E-state index is -0.436. The van der Waals surface area contributed by atoms with Crippen LogP contribution in [0.2, 0.25) is 5.02 Å². The second kappa shape index (κ2) is 5.91. The molecule has 1 aromatic heterocycles. The minimum absolute atomic E-state index is 0.0549. The Labute approximate surface area is 145 Å². The zero-order valence-corrected chi connectivity index (χ0v) is 13.9. The van der Waals surface area contributed by atoms with Crippen molar-refractivity contribution in [2.75, 3.05) is 5.32 Å². The zero-order valence-electron chi connectivity index (χ0n) is 13.1. The van der Waals surface area contributed by atoms with Crippen molar-refractivity contribution in [2.45, 2.75) is 24.7 Å². The number of anilines is 1. The van der Waals surface area contributed by atoms with Crippen molar-refractivity contribution in [1.29, 1.82) is 0 Å². The molecule has 4 rings (SSSR count). The lowest BCUT2D eigenvalue weighted by atomic mass is 9.64. The van der Waals surface area contributed by atoms with Crippen molar-refractivity contribution in [3.05, 3.63) is 71.4 Å². The van der Waals surface area contributed by atoms with E-state index in [1.807, 2.05) is 54.6 Å². The van der Waals surface area contributed by atoms with Crippen molar-refractivity contribution >= 4 is 34.1 Å². The molecule has 1 heterocycles. The highest BCUT2D eigenvalue weighted by atomic mass is 35.5. The molecule has 120 valence electrons. The Hall–Kier alpha value is -2.39. The number of halogens is 1. The number of fused-ring (bicyclic) bond motifs is 1. The number of hydrogen-bond acceptors (Lipinski definition) is 2. The van der Waals surface area contributed by atoms with E-state index >= 15 is 0 Å². The lowest BCUT2D eigenvalue weighted by molar-refractivity contribution is -0.124. The lowest BCUT2D eigenvalue weighted by Gasteiger charge is -2.40. The summed E-state index contributed by atoms with van der Waals surface area (Å²) in [4.78, 5) is 17.3. The van der Waals surface area contributed by atoms with Crippen molar-refractivity contribution in [3.63, 3.8) is 0 Å². The van der Waals surface area contributed by atoms with Crippen LogP contribution in [0.5, 0.6) is 0 Å². The molecular weight excluding hydrogens is 320 g/mol. The Kier molecular flexibility index (Phi) is 3.73. The topological polar surface area (TPSA) is 42.0 Å². The van der Waals surface area contributed by atoms with Gasteiger partial charge in [-0.2, -0.15) is 0 Å². The van der Waals surface area contributed by atoms with E-state index in [0.717, 1.165) is 41.4 Å². The van der Waals surface area contributed by atoms with Gasteiger partial charge in [-0.3, -0.25) is 9.78 Å². The number of pyridine rings is 1. The number of hydrogen-bond donors (Lipinski definition) is 1. The second-order valence-electron chi connectivity index (χ2n) is 6.31. The van der Waals surface area contributed by atoms with Gasteiger partial charge < -0.3 is 5.32 Å². The molecule has 1 fully saturated rings. The highest BCUT2D eigenvalue weighted by molar-refractivity contribution is 6.30. The molecule has 0 bridgehead atoms. The molecule has 1 amide bonds. The highest BCUT2D eigenvalue weighted by Crippen LogP contribution is 2.44. The molecule has 0 atom stereocenters. The smallest absolute Gasteiger partial charge is 0.235 e. The molecule has 3 nitrogen and oxygen atoms in total. The highest BCUT2D eigenvalue weighted by Gasteiger charge is 2.45. The normalized spacial score (nSPS) is 15.7. The van der Waals surface area contributed by atoms with E-state index in [0.29, 0.717) is 5.02 Å². The number of carbonyl (C=O) groups excluding carboxylic acids is 1. The molecule has 24 heavy (non-hydrogen) atoms. The number of benzene rings is 2. The van der Waals surface area contributed by atoms with Gasteiger partial charge in [-0.05, 0) is 54.8 Å². The number of aromatic nitrogens is 1.